The van der Waals surface area contributed by atoms with Crippen LogP contribution in [0.25, 0.3) is 5.76 Å². The van der Waals surface area contributed by atoms with Crippen molar-refractivity contribution in [3.63, 3.8) is 0 Å². The predicted octanol–water partition coefficient (Wildman–Crippen LogP) is 2.42. The minimum absolute atomic E-state index is 0.0965. The smallest absolute Gasteiger partial charge is 0.295 e. The molecule has 1 aliphatic rings. The highest BCUT2D eigenvalue weighted by Gasteiger charge is 2.46. The topological polar surface area (TPSA) is 87.9 Å². The van der Waals surface area contributed by atoms with Gasteiger partial charge in [0.2, 0.25) is 0 Å². The second kappa shape index (κ2) is 8.93. The van der Waals surface area contributed by atoms with E-state index >= 15 is 0 Å². The van der Waals surface area contributed by atoms with Gasteiger partial charge in [-0.05, 0) is 58.6 Å². The Hall–Kier alpha value is -3.13. The van der Waals surface area contributed by atoms with Crippen LogP contribution in [0.2, 0.25) is 0 Å². The van der Waals surface area contributed by atoms with Crippen molar-refractivity contribution < 1.29 is 19.4 Å². The zero-order valence-electron chi connectivity index (χ0n) is 19.0. The van der Waals surface area contributed by atoms with Crippen molar-refractivity contribution in [2.45, 2.75) is 26.3 Å². The normalized spacial score (nSPS) is 18.3. The monoisotopic (exact) mass is 426 g/mol. The highest BCUT2D eigenvalue weighted by Crippen LogP contribution is 2.40. The van der Waals surface area contributed by atoms with Crippen LogP contribution in [0, 0.1) is 13.8 Å². The number of carbonyl (C=O) groups excluding carboxylic acids is 2. The third-order valence-electron chi connectivity index (χ3n) is 5.72. The summed E-state index contributed by atoms with van der Waals surface area (Å²) in [6.45, 7) is 4.78. The first kappa shape index (κ1) is 22.6. The van der Waals surface area contributed by atoms with Crippen LogP contribution < -0.4 is 4.74 Å². The van der Waals surface area contributed by atoms with Gasteiger partial charge in [0.1, 0.15) is 11.5 Å². The average molecular weight is 427 g/mol. The van der Waals surface area contributed by atoms with E-state index in [2.05, 4.69) is 5.10 Å². The third kappa shape index (κ3) is 4.20. The van der Waals surface area contributed by atoms with Gasteiger partial charge in [-0.3, -0.25) is 14.3 Å². The SMILES string of the molecule is COc1ccc(C2/C(=C(\O)c3c(C)nn(C)c3C)C(=O)C(=O)N2CCCN(C)C)cc1. The van der Waals surface area contributed by atoms with Crippen molar-refractivity contribution in [2.24, 2.45) is 7.05 Å². The predicted molar refractivity (Wildman–Crippen MR) is 118 cm³/mol. The quantitative estimate of drug-likeness (QED) is 0.416. The maximum atomic E-state index is 13.1. The van der Waals surface area contributed by atoms with E-state index in [0.29, 0.717) is 30.0 Å². The summed E-state index contributed by atoms with van der Waals surface area (Å²) in [5, 5.41) is 15.6. The van der Waals surface area contributed by atoms with Crippen LogP contribution >= 0.6 is 0 Å². The molecular weight excluding hydrogens is 396 g/mol. The maximum absolute atomic E-state index is 13.1. The van der Waals surface area contributed by atoms with E-state index < -0.39 is 17.7 Å². The van der Waals surface area contributed by atoms with Crippen molar-refractivity contribution in [3.05, 3.63) is 52.4 Å². The number of amides is 1. The molecule has 3 rings (SSSR count). The number of aliphatic hydroxyl groups excluding tert-OH is 1. The van der Waals surface area contributed by atoms with Gasteiger partial charge in [-0.25, -0.2) is 0 Å². The molecule has 1 fully saturated rings. The first-order chi connectivity index (χ1) is 14.7. The fourth-order valence-electron chi connectivity index (χ4n) is 4.05. The Balaban J connectivity index is 2.14. The van der Waals surface area contributed by atoms with Gasteiger partial charge in [0.05, 0.1) is 30.0 Å². The van der Waals surface area contributed by atoms with Crippen molar-refractivity contribution in [3.8, 4) is 5.75 Å². The van der Waals surface area contributed by atoms with E-state index in [4.69, 9.17) is 4.74 Å². The molecule has 1 saturated heterocycles. The maximum Gasteiger partial charge on any atom is 0.295 e. The summed E-state index contributed by atoms with van der Waals surface area (Å²) in [7, 11) is 7.28. The number of hydrogen-bond acceptors (Lipinski definition) is 6. The van der Waals surface area contributed by atoms with Crippen molar-refractivity contribution >= 4 is 17.4 Å². The second-order valence-electron chi connectivity index (χ2n) is 8.09. The lowest BCUT2D eigenvalue weighted by Gasteiger charge is -2.26. The number of carbonyl (C=O) groups is 2. The number of aromatic nitrogens is 2. The molecule has 0 spiro atoms. The molecule has 1 aliphatic heterocycles. The van der Waals surface area contributed by atoms with Gasteiger partial charge in [0.15, 0.2) is 0 Å². The van der Waals surface area contributed by atoms with Gasteiger partial charge in [-0.1, -0.05) is 12.1 Å². The number of aryl methyl sites for hydroxylation is 2. The van der Waals surface area contributed by atoms with Gasteiger partial charge in [0, 0.05) is 19.3 Å². The molecule has 0 saturated carbocycles. The van der Waals surface area contributed by atoms with Gasteiger partial charge in [-0.2, -0.15) is 5.10 Å². The summed E-state index contributed by atoms with van der Waals surface area (Å²) in [5.41, 5.74) is 2.66. The molecule has 0 bridgehead atoms. The van der Waals surface area contributed by atoms with Gasteiger partial charge in [-0.15, -0.1) is 0 Å². The number of likely N-dealkylation sites (tertiary alicyclic amines) is 1. The Bertz CT molecular complexity index is 1020. The number of Topliss-reactive ketones (excluding diaryl/α,β-unsaturated/α-hetero) is 1. The third-order valence-corrected chi connectivity index (χ3v) is 5.72. The van der Waals surface area contributed by atoms with Gasteiger partial charge >= 0.3 is 0 Å². The lowest BCUT2D eigenvalue weighted by Crippen LogP contribution is -2.32. The van der Waals surface area contributed by atoms with E-state index in [-0.39, 0.29) is 11.3 Å². The molecule has 1 aromatic carbocycles. The Labute approximate surface area is 182 Å². The first-order valence-corrected chi connectivity index (χ1v) is 10.2. The van der Waals surface area contributed by atoms with Crippen LogP contribution in [-0.2, 0) is 16.6 Å². The van der Waals surface area contributed by atoms with Crippen molar-refractivity contribution in [1.29, 1.82) is 0 Å². The Morgan fingerprint density at radius 1 is 1.19 bits per heavy atom. The molecule has 8 nitrogen and oxygen atoms in total. The summed E-state index contributed by atoms with van der Waals surface area (Å²) in [6.07, 6.45) is 0.706. The molecule has 166 valence electrons. The molecule has 1 unspecified atom stereocenters. The molecule has 31 heavy (non-hydrogen) atoms. The summed E-state index contributed by atoms with van der Waals surface area (Å²) < 4.78 is 6.90. The minimum atomic E-state index is -0.675. The van der Waals surface area contributed by atoms with E-state index in [1.807, 2.05) is 38.1 Å². The molecule has 1 N–H and O–H groups in total. The fraction of sp³-hybridized carbons (Fsp3) is 0.435. The van der Waals surface area contributed by atoms with E-state index in [9.17, 15) is 14.7 Å². The van der Waals surface area contributed by atoms with Crippen molar-refractivity contribution in [2.75, 3.05) is 34.3 Å². The number of benzene rings is 1. The van der Waals surface area contributed by atoms with E-state index in [1.165, 1.54) is 0 Å². The lowest BCUT2D eigenvalue weighted by atomic mass is 9.94. The number of methoxy groups -OCH3 is 1. The lowest BCUT2D eigenvalue weighted by molar-refractivity contribution is -0.139. The van der Waals surface area contributed by atoms with Gasteiger partial charge < -0.3 is 19.6 Å². The molecule has 0 aliphatic carbocycles. The number of ketones is 1. The van der Waals surface area contributed by atoms with Crippen LogP contribution in [0.15, 0.2) is 29.8 Å². The number of ether oxygens (including phenoxy) is 1. The molecule has 1 atom stereocenters. The molecule has 8 heteroatoms. The van der Waals surface area contributed by atoms with Crippen LogP contribution in [0.5, 0.6) is 5.75 Å². The molecule has 0 radical (unpaired) electrons. The van der Waals surface area contributed by atoms with Crippen LogP contribution in [0.3, 0.4) is 0 Å². The Kier molecular flexibility index (Phi) is 6.50. The highest BCUT2D eigenvalue weighted by atomic mass is 16.5. The molecular formula is C23H30N4O4. The first-order valence-electron chi connectivity index (χ1n) is 10.2. The second-order valence-corrected chi connectivity index (χ2v) is 8.09. The molecule has 1 aromatic heterocycles. The van der Waals surface area contributed by atoms with E-state index in [1.54, 1.807) is 42.8 Å². The van der Waals surface area contributed by atoms with E-state index in [0.717, 1.165) is 17.8 Å². The Morgan fingerprint density at radius 2 is 1.84 bits per heavy atom. The van der Waals surface area contributed by atoms with Crippen LogP contribution in [0.1, 0.15) is 35.0 Å². The summed E-state index contributed by atoms with van der Waals surface area (Å²) in [6, 6.07) is 6.55. The highest BCUT2D eigenvalue weighted by molar-refractivity contribution is 6.46. The number of hydrogen-bond donors (Lipinski definition) is 1. The number of aliphatic hydroxyl groups is 1. The largest absolute Gasteiger partial charge is 0.507 e. The average Bonchev–Trinajstić information content (AvgIpc) is 3.13. The minimum Gasteiger partial charge on any atom is -0.507 e. The zero-order valence-corrected chi connectivity index (χ0v) is 19.0. The van der Waals surface area contributed by atoms with Gasteiger partial charge in [0.25, 0.3) is 11.7 Å². The molecule has 2 heterocycles. The Morgan fingerprint density at radius 3 is 2.35 bits per heavy atom. The van der Waals surface area contributed by atoms with Crippen LogP contribution in [0.4, 0.5) is 0 Å². The molecule has 1 amide bonds. The standard InChI is InChI=1S/C23H30N4O4/c1-14-18(15(2)26(5)24-14)21(28)19-20(16-8-10-17(31-6)11-9-16)27(23(30)22(19)29)13-7-12-25(3)4/h8-11,20,28H,7,12-13H2,1-6H3/b21-19+. The molecule has 2 aromatic rings. The summed E-state index contributed by atoms with van der Waals surface area (Å²) in [4.78, 5) is 29.7. The number of nitrogens with zero attached hydrogens (tertiary/aromatic N) is 4. The number of rotatable bonds is 7. The summed E-state index contributed by atoms with van der Waals surface area (Å²) >= 11 is 0. The van der Waals surface area contributed by atoms with Crippen molar-refractivity contribution in [1.82, 2.24) is 19.6 Å². The fourth-order valence-corrected chi connectivity index (χ4v) is 4.05. The zero-order chi connectivity index (χ0) is 22.9. The van der Waals surface area contributed by atoms with Crippen LogP contribution in [-0.4, -0.2) is 70.7 Å². The summed E-state index contributed by atoms with van der Waals surface area (Å²) in [5.74, 6) is -0.782.